The number of hydrogen-bond donors (Lipinski definition) is 1. The molecule has 3 saturated heterocycles. The summed E-state index contributed by atoms with van der Waals surface area (Å²) in [6, 6.07) is 4.46. The van der Waals surface area contributed by atoms with Crippen LogP contribution in [0.2, 0.25) is 0 Å². The van der Waals surface area contributed by atoms with Crippen molar-refractivity contribution in [2.45, 2.75) is 38.9 Å². The first kappa shape index (κ1) is 24.6. The maximum Gasteiger partial charge on any atom is 0.416 e. The lowest BCUT2D eigenvalue weighted by Crippen LogP contribution is -2.60. The Labute approximate surface area is 214 Å². The number of anilines is 1. The predicted molar refractivity (Wildman–Crippen MR) is 135 cm³/mol. The van der Waals surface area contributed by atoms with Gasteiger partial charge in [-0.25, -0.2) is 9.97 Å². The summed E-state index contributed by atoms with van der Waals surface area (Å²) >= 11 is 0. The van der Waals surface area contributed by atoms with Crippen LogP contribution >= 0.6 is 0 Å². The van der Waals surface area contributed by atoms with E-state index >= 15 is 0 Å². The van der Waals surface area contributed by atoms with Crippen LogP contribution in [0.25, 0.3) is 5.78 Å². The number of imidazole rings is 1. The predicted octanol–water partition coefficient (Wildman–Crippen LogP) is 3.67. The summed E-state index contributed by atoms with van der Waals surface area (Å²) in [5, 5.41) is 3.42. The molecule has 6 rings (SSSR count). The fourth-order valence-corrected chi connectivity index (χ4v) is 6.10. The molecule has 3 aromatic rings. The van der Waals surface area contributed by atoms with Crippen LogP contribution in [0.3, 0.4) is 0 Å². The minimum Gasteiger partial charge on any atom is -0.378 e. The summed E-state index contributed by atoms with van der Waals surface area (Å²) in [4.78, 5) is 14.3. The Hall–Kier alpha value is -2.69. The molecule has 0 atom stereocenters. The van der Waals surface area contributed by atoms with Crippen molar-refractivity contribution < 1.29 is 17.9 Å². The van der Waals surface area contributed by atoms with Gasteiger partial charge in [0, 0.05) is 57.3 Å². The van der Waals surface area contributed by atoms with Gasteiger partial charge in [0.15, 0.2) is 0 Å². The Morgan fingerprint density at radius 2 is 1.95 bits per heavy atom. The van der Waals surface area contributed by atoms with Crippen LogP contribution in [0.5, 0.6) is 0 Å². The van der Waals surface area contributed by atoms with Gasteiger partial charge >= 0.3 is 6.18 Å². The van der Waals surface area contributed by atoms with Crippen molar-refractivity contribution in [1.82, 2.24) is 24.6 Å². The maximum atomic E-state index is 13.7. The smallest absolute Gasteiger partial charge is 0.378 e. The van der Waals surface area contributed by atoms with Gasteiger partial charge in [-0.2, -0.15) is 13.2 Å². The first-order chi connectivity index (χ1) is 17.8. The van der Waals surface area contributed by atoms with Crippen molar-refractivity contribution in [3.8, 4) is 0 Å². The third-order valence-corrected chi connectivity index (χ3v) is 8.25. The molecule has 7 nitrogen and oxygen atoms in total. The quantitative estimate of drug-likeness (QED) is 0.561. The maximum absolute atomic E-state index is 13.7. The third-order valence-electron chi connectivity index (χ3n) is 8.25. The summed E-state index contributed by atoms with van der Waals surface area (Å²) in [5.41, 5.74) is 3.47. The Bertz CT molecular complexity index is 1280. The van der Waals surface area contributed by atoms with Crippen LogP contribution in [-0.2, 0) is 23.9 Å². The van der Waals surface area contributed by atoms with Crippen molar-refractivity contribution >= 4 is 11.5 Å². The molecule has 5 heterocycles. The molecule has 0 saturated carbocycles. The average molecular weight is 515 g/mol. The fourth-order valence-electron chi connectivity index (χ4n) is 6.10. The first-order valence-electron chi connectivity index (χ1n) is 13.1. The van der Waals surface area contributed by atoms with Gasteiger partial charge in [0.1, 0.15) is 0 Å². The summed E-state index contributed by atoms with van der Waals surface area (Å²) in [6.45, 7) is 9.24. The highest BCUT2D eigenvalue weighted by Crippen LogP contribution is 2.36. The number of likely N-dealkylation sites (tertiary alicyclic amines) is 1. The number of fused-ring (bicyclic) bond motifs is 1. The molecule has 1 spiro atoms. The summed E-state index contributed by atoms with van der Waals surface area (Å²) in [7, 11) is 0. The number of benzene rings is 1. The van der Waals surface area contributed by atoms with Crippen molar-refractivity contribution in [1.29, 1.82) is 0 Å². The van der Waals surface area contributed by atoms with E-state index in [0.717, 1.165) is 68.8 Å². The van der Waals surface area contributed by atoms with Crippen LogP contribution in [-0.4, -0.2) is 71.8 Å². The van der Waals surface area contributed by atoms with Gasteiger partial charge in [0.05, 0.1) is 42.0 Å². The molecule has 1 N–H and O–H groups in total. The second-order valence-electron chi connectivity index (χ2n) is 10.8. The highest BCUT2D eigenvalue weighted by atomic mass is 19.4. The van der Waals surface area contributed by atoms with E-state index in [1.165, 1.54) is 12.5 Å². The van der Waals surface area contributed by atoms with E-state index in [1.54, 1.807) is 13.0 Å². The van der Waals surface area contributed by atoms with Gasteiger partial charge in [0.25, 0.3) is 0 Å². The Kier molecular flexibility index (Phi) is 6.37. The third kappa shape index (κ3) is 4.82. The molecule has 3 aliphatic heterocycles. The standard InChI is InChI=1S/C27H33F3N6O/c1-19-20(4-2-5-22(19)27(28,29)30)12-24-23(15-34-7-3-6-26(18-34)16-31-17-26)33-25-32-13-21(14-36(24)25)35-8-10-37-11-9-35/h2,4-5,13-14,31H,3,6-12,15-18H2,1H3. The van der Waals surface area contributed by atoms with E-state index < -0.39 is 11.7 Å². The second-order valence-corrected chi connectivity index (χ2v) is 10.8. The molecule has 3 fully saturated rings. The Balaban J connectivity index is 1.38. The zero-order valence-corrected chi connectivity index (χ0v) is 21.2. The molecule has 37 heavy (non-hydrogen) atoms. The van der Waals surface area contributed by atoms with E-state index in [-0.39, 0.29) is 5.56 Å². The number of halogens is 3. The van der Waals surface area contributed by atoms with E-state index in [0.29, 0.717) is 42.9 Å². The van der Waals surface area contributed by atoms with Gasteiger partial charge in [0.2, 0.25) is 5.78 Å². The van der Waals surface area contributed by atoms with Crippen LogP contribution in [0.4, 0.5) is 18.9 Å². The zero-order chi connectivity index (χ0) is 25.6. The van der Waals surface area contributed by atoms with Crippen LogP contribution in [0, 0.1) is 12.3 Å². The molecule has 0 amide bonds. The number of hydrogen-bond acceptors (Lipinski definition) is 6. The van der Waals surface area contributed by atoms with Gasteiger partial charge in [-0.15, -0.1) is 0 Å². The lowest BCUT2D eigenvalue weighted by molar-refractivity contribution is -0.138. The molecular formula is C27H33F3N6O. The van der Waals surface area contributed by atoms with Crippen LogP contribution in [0.1, 0.15) is 40.9 Å². The monoisotopic (exact) mass is 514 g/mol. The molecule has 3 aliphatic rings. The SMILES string of the molecule is Cc1c(Cc2c(CN3CCCC4(CNC4)C3)nc3ncc(N4CCOCC4)cn23)cccc1C(F)(F)F. The van der Waals surface area contributed by atoms with Crippen LogP contribution < -0.4 is 10.2 Å². The zero-order valence-electron chi connectivity index (χ0n) is 21.2. The van der Waals surface area contributed by atoms with Gasteiger partial charge in [-0.3, -0.25) is 9.30 Å². The van der Waals surface area contributed by atoms with Crippen molar-refractivity contribution in [2.24, 2.45) is 5.41 Å². The van der Waals surface area contributed by atoms with Crippen molar-refractivity contribution in [3.05, 3.63) is 58.7 Å². The molecule has 2 aromatic heterocycles. The van der Waals surface area contributed by atoms with E-state index in [9.17, 15) is 13.2 Å². The molecule has 1 aromatic carbocycles. The van der Waals surface area contributed by atoms with Crippen LogP contribution in [0.15, 0.2) is 30.6 Å². The fraction of sp³-hybridized carbons (Fsp3) is 0.556. The first-order valence-corrected chi connectivity index (χ1v) is 13.1. The minimum absolute atomic E-state index is 0.269. The Morgan fingerprint density at radius 1 is 1.14 bits per heavy atom. The van der Waals surface area contributed by atoms with Crippen molar-refractivity contribution in [3.63, 3.8) is 0 Å². The lowest BCUT2D eigenvalue weighted by atomic mass is 9.75. The van der Waals surface area contributed by atoms with Gasteiger partial charge in [-0.05, 0) is 43.5 Å². The van der Waals surface area contributed by atoms with E-state index in [4.69, 9.17) is 9.72 Å². The number of nitrogens with zero attached hydrogens (tertiary/aromatic N) is 5. The second kappa shape index (κ2) is 9.56. The average Bonchev–Trinajstić information content (AvgIpc) is 3.20. The van der Waals surface area contributed by atoms with E-state index in [1.807, 2.05) is 16.8 Å². The normalized spacial score (nSPS) is 20.5. The topological polar surface area (TPSA) is 57.9 Å². The number of nitrogens with one attached hydrogen (secondary N) is 1. The highest BCUT2D eigenvalue weighted by Gasteiger charge is 2.40. The van der Waals surface area contributed by atoms with Gasteiger partial charge < -0.3 is 15.0 Å². The number of aromatic nitrogens is 3. The highest BCUT2D eigenvalue weighted by molar-refractivity contribution is 5.50. The molecule has 0 unspecified atom stereocenters. The molecule has 0 bridgehead atoms. The number of piperidine rings is 1. The van der Waals surface area contributed by atoms with Crippen molar-refractivity contribution in [2.75, 3.05) is 57.4 Å². The Morgan fingerprint density at radius 3 is 2.68 bits per heavy atom. The largest absolute Gasteiger partial charge is 0.416 e. The molecule has 0 aliphatic carbocycles. The minimum atomic E-state index is -4.38. The summed E-state index contributed by atoms with van der Waals surface area (Å²) in [6.07, 6.45) is 2.25. The molecular weight excluding hydrogens is 481 g/mol. The number of alkyl halides is 3. The summed E-state index contributed by atoms with van der Waals surface area (Å²) < 4.78 is 48.5. The molecule has 0 radical (unpaired) electrons. The summed E-state index contributed by atoms with van der Waals surface area (Å²) in [5.74, 6) is 0.587. The number of rotatable bonds is 5. The molecule has 198 valence electrons. The molecule has 10 heteroatoms. The number of ether oxygens (including phenoxy) is 1. The lowest BCUT2D eigenvalue weighted by Gasteiger charge is -2.49. The van der Waals surface area contributed by atoms with E-state index in [2.05, 4.69) is 20.1 Å². The number of morpholine rings is 1. The van der Waals surface area contributed by atoms with Gasteiger partial charge in [-0.1, -0.05) is 12.1 Å².